The fourth-order valence-electron chi connectivity index (χ4n) is 5.85. The predicted molar refractivity (Wildman–Crippen MR) is 134 cm³/mol. The van der Waals surface area contributed by atoms with Crippen molar-refractivity contribution in [3.63, 3.8) is 0 Å². The highest BCUT2D eigenvalue weighted by molar-refractivity contribution is 7.89. The van der Waals surface area contributed by atoms with Crippen LogP contribution in [0.15, 0.2) is 17.0 Å². The quantitative estimate of drug-likeness (QED) is 0.577. The van der Waals surface area contributed by atoms with Crippen molar-refractivity contribution in [3.05, 3.63) is 28.8 Å². The standard InChI is InChI=1S/C26H43N3O3S/c1-19-15-22(4)25(23(5)16-19)33(31,32)29-12-8-24(9-13-29)26(30)27-10-6-7-11-28-17-20(2)14-21(3)18-28/h15-16,20-21,24H,6-14,17-18H2,1-5H3,(H,27,30). The van der Waals surface area contributed by atoms with Crippen LogP contribution in [0, 0.1) is 38.5 Å². The van der Waals surface area contributed by atoms with E-state index in [9.17, 15) is 13.2 Å². The second kappa shape index (κ2) is 11.3. The van der Waals surface area contributed by atoms with E-state index in [1.165, 1.54) is 19.5 Å². The van der Waals surface area contributed by atoms with E-state index in [2.05, 4.69) is 24.1 Å². The number of rotatable bonds is 8. The fraction of sp³-hybridized carbons (Fsp3) is 0.731. The smallest absolute Gasteiger partial charge is 0.243 e. The highest BCUT2D eigenvalue weighted by Crippen LogP contribution is 2.29. The van der Waals surface area contributed by atoms with Gasteiger partial charge in [-0.1, -0.05) is 31.5 Å². The number of amides is 1. The van der Waals surface area contributed by atoms with Crippen LogP contribution >= 0.6 is 0 Å². The lowest BCUT2D eigenvalue weighted by molar-refractivity contribution is -0.126. The third-order valence-corrected chi connectivity index (χ3v) is 9.38. The van der Waals surface area contributed by atoms with Crippen molar-refractivity contribution in [3.8, 4) is 0 Å². The summed E-state index contributed by atoms with van der Waals surface area (Å²) in [6.07, 6.45) is 4.59. The van der Waals surface area contributed by atoms with Crippen LogP contribution in [-0.4, -0.2) is 62.8 Å². The second-order valence-electron chi connectivity index (χ2n) is 10.6. The van der Waals surface area contributed by atoms with Gasteiger partial charge in [0, 0.05) is 38.6 Å². The lowest BCUT2D eigenvalue weighted by Gasteiger charge is -2.35. The molecule has 0 spiro atoms. The average molecular weight is 478 g/mol. The molecule has 1 amide bonds. The molecule has 33 heavy (non-hydrogen) atoms. The highest BCUT2D eigenvalue weighted by atomic mass is 32.2. The Morgan fingerprint density at radius 3 is 2.15 bits per heavy atom. The zero-order valence-corrected chi connectivity index (χ0v) is 22.0. The van der Waals surface area contributed by atoms with Crippen LogP contribution in [0.4, 0.5) is 0 Å². The fourth-order valence-corrected chi connectivity index (χ4v) is 7.73. The van der Waals surface area contributed by atoms with Gasteiger partial charge in [-0.2, -0.15) is 4.31 Å². The number of aryl methyl sites for hydroxylation is 3. The molecule has 2 saturated heterocycles. The van der Waals surface area contributed by atoms with Crippen LogP contribution in [0.5, 0.6) is 0 Å². The SMILES string of the molecule is Cc1cc(C)c(S(=O)(=O)N2CCC(C(=O)NCCCCN3CC(C)CC(C)C3)CC2)c(C)c1. The third kappa shape index (κ3) is 6.80. The molecule has 2 heterocycles. The van der Waals surface area contributed by atoms with Gasteiger partial charge in [0.1, 0.15) is 0 Å². The molecule has 2 aliphatic rings. The topological polar surface area (TPSA) is 69.7 Å². The van der Waals surface area contributed by atoms with Crippen LogP contribution in [0.3, 0.4) is 0 Å². The lowest BCUT2D eigenvalue weighted by atomic mass is 9.92. The van der Waals surface area contributed by atoms with Crippen molar-refractivity contribution < 1.29 is 13.2 Å². The van der Waals surface area contributed by atoms with E-state index in [0.29, 0.717) is 37.4 Å². The third-order valence-electron chi connectivity index (χ3n) is 7.17. The first kappa shape index (κ1) is 26.2. The van der Waals surface area contributed by atoms with Crippen LogP contribution in [0.2, 0.25) is 0 Å². The van der Waals surface area contributed by atoms with Crippen LogP contribution < -0.4 is 5.32 Å². The van der Waals surface area contributed by atoms with Crippen LogP contribution in [0.25, 0.3) is 0 Å². The Labute approximate surface area is 201 Å². The van der Waals surface area contributed by atoms with Crippen molar-refractivity contribution in [2.45, 2.75) is 71.6 Å². The molecule has 1 aromatic carbocycles. The van der Waals surface area contributed by atoms with E-state index >= 15 is 0 Å². The van der Waals surface area contributed by atoms with Crippen molar-refractivity contribution in [2.75, 3.05) is 39.3 Å². The Bertz CT molecular complexity index is 890. The number of sulfonamides is 1. The van der Waals surface area contributed by atoms with Crippen molar-refractivity contribution >= 4 is 15.9 Å². The van der Waals surface area contributed by atoms with Crippen LogP contribution in [-0.2, 0) is 14.8 Å². The van der Waals surface area contributed by atoms with Crippen molar-refractivity contribution in [1.82, 2.24) is 14.5 Å². The molecule has 0 aliphatic carbocycles. The summed E-state index contributed by atoms with van der Waals surface area (Å²) in [6.45, 7) is 15.4. The zero-order valence-electron chi connectivity index (χ0n) is 21.2. The summed E-state index contributed by atoms with van der Waals surface area (Å²) < 4.78 is 28.1. The summed E-state index contributed by atoms with van der Waals surface area (Å²) in [5.74, 6) is 1.54. The number of carbonyl (C=O) groups is 1. The maximum atomic E-state index is 13.3. The molecular weight excluding hydrogens is 434 g/mol. The number of piperidine rings is 2. The number of unbranched alkanes of at least 4 members (excludes halogenated alkanes) is 1. The first-order valence-corrected chi connectivity index (χ1v) is 14.1. The minimum absolute atomic E-state index is 0.0787. The summed E-state index contributed by atoms with van der Waals surface area (Å²) in [4.78, 5) is 15.6. The van der Waals surface area contributed by atoms with Gasteiger partial charge >= 0.3 is 0 Å². The number of hydrogen-bond acceptors (Lipinski definition) is 4. The molecule has 2 atom stereocenters. The normalized spacial score (nSPS) is 23.5. The Morgan fingerprint density at radius 1 is 1.00 bits per heavy atom. The maximum Gasteiger partial charge on any atom is 0.243 e. The van der Waals surface area contributed by atoms with Crippen molar-refractivity contribution in [2.24, 2.45) is 17.8 Å². The molecule has 186 valence electrons. The molecule has 2 unspecified atom stereocenters. The van der Waals surface area contributed by atoms with Gasteiger partial charge in [0.25, 0.3) is 0 Å². The Hall–Kier alpha value is -1.44. The summed E-state index contributed by atoms with van der Waals surface area (Å²) in [6, 6.07) is 3.85. The largest absolute Gasteiger partial charge is 0.356 e. The average Bonchev–Trinajstić information content (AvgIpc) is 2.72. The molecule has 1 N–H and O–H groups in total. The lowest BCUT2D eigenvalue weighted by Crippen LogP contribution is -2.43. The summed E-state index contributed by atoms with van der Waals surface area (Å²) >= 11 is 0. The molecule has 2 aliphatic heterocycles. The summed E-state index contributed by atoms with van der Waals surface area (Å²) in [7, 11) is -3.54. The van der Waals surface area contributed by atoms with E-state index in [1.54, 1.807) is 4.31 Å². The summed E-state index contributed by atoms with van der Waals surface area (Å²) in [5, 5.41) is 3.09. The van der Waals surface area contributed by atoms with Gasteiger partial charge in [-0.15, -0.1) is 0 Å². The van der Waals surface area contributed by atoms with E-state index in [4.69, 9.17) is 0 Å². The summed E-state index contributed by atoms with van der Waals surface area (Å²) in [5.41, 5.74) is 2.65. The highest BCUT2D eigenvalue weighted by Gasteiger charge is 2.33. The first-order chi connectivity index (χ1) is 15.6. The van der Waals surface area contributed by atoms with Gasteiger partial charge in [-0.25, -0.2) is 8.42 Å². The van der Waals surface area contributed by atoms with Gasteiger partial charge in [-0.05, 0) is 82.4 Å². The number of nitrogens with one attached hydrogen (secondary N) is 1. The minimum atomic E-state index is -3.54. The van der Waals surface area contributed by atoms with E-state index in [-0.39, 0.29) is 11.8 Å². The van der Waals surface area contributed by atoms with E-state index in [0.717, 1.165) is 47.9 Å². The number of nitrogens with zero attached hydrogens (tertiary/aromatic N) is 2. The van der Waals surface area contributed by atoms with Gasteiger partial charge in [0.2, 0.25) is 15.9 Å². The molecular formula is C26H43N3O3S. The molecule has 6 nitrogen and oxygen atoms in total. The Kier molecular flexibility index (Phi) is 8.98. The van der Waals surface area contributed by atoms with E-state index < -0.39 is 10.0 Å². The molecule has 7 heteroatoms. The van der Waals surface area contributed by atoms with Gasteiger partial charge in [-0.3, -0.25) is 4.79 Å². The molecule has 0 aromatic heterocycles. The van der Waals surface area contributed by atoms with Crippen LogP contribution in [0.1, 0.15) is 62.6 Å². The van der Waals surface area contributed by atoms with Crippen molar-refractivity contribution in [1.29, 1.82) is 0 Å². The second-order valence-corrected chi connectivity index (χ2v) is 12.5. The number of benzene rings is 1. The van der Waals surface area contributed by atoms with Gasteiger partial charge in [0.05, 0.1) is 4.90 Å². The predicted octanol–water partition coefficient (Wildman–Crippen LogP) is 3.89. The molecule has 1 aromatic rings. The van der Waals surface area contributed by atoms with Gasteiger partial charge in [0.15, 0.2) is 0 Å². The number of likely N-dealkylation sites (tertiary alicyclic amines) is 1. The molecule has 2 fully saturated rings. The molecule has 0 radical (unpaired) electrons. The monoisotopic (exact) mass is 477 g/mol. The van der Waals surface area contributed by atoms with E-state index in [1.807, 2.05) is 32.9 Å². The minimum Gasteiger partial charge on any atom is -0.356 e. The maximum absolute atomic E-state index is 13.3. The number of carbonyl (C=O) groups excluding carboxylic acids is 1. The molecule has 0 saturated carbocycles. The Morgan fingerprint density at radius 2 is 1.58 bits per heavy atom. The molecule has 0 bridgehead atoms. The molecule has 3 rings (SSSR count). The Balaban J connectivity index is 1.41. The zero-order chi connectivity index (χ0) is 24.2. The van der Waals surface area contributed by atoms with Gasteiger partial charge < -0.3 is 10.2 Å². The first-order valence-electron chi connectivity index (χ1n) is 12.7. The number of hydrogen-bond donors (Lipinski definition) is 1.